The maximum absolute atomic E-state index is 12.3. The van der Waals surface area contributed by atoms with Crippen molar-refractivity contribution in [1.29, 1.82) is 0 Å². The molecule has 3 rings (SSSR count). The van der Waals surface area contributed by atoms with Gasteiger partial charge in [-0.1, -0.05) is 34.8 Å². The maximum atomic E-state index is 12.3. The number of ketones is 1. The first-order valence-corrected chi connectivity index (χ1v) is 9.27. The minimum atomic E-state index is -0.663. The Morgan fingerprint density at radius 1 is 1.04 bits per heavy atom. The molecule has 0 N–H and O–H groups in total. The van der Waals surface area contributed by atoms with Crippen LogP contribution in [-0.2, 0) is 4.74 Å². The Morgan fingerprint density at radius 2 is 1.81 bits per heavy atom. The molecular formula is C18H11Cl3O4S. The number of thiophene rings is 1. The molecule has 0 spiro atoms. The van der Waals surface area contributed by atoms with Crippen molar-refractivity contribution in [2.24, 2.45) is 0 Å². The molecule has 26 heavy (non-hydrogen) atoms. The van der Waals surface area contributed by atoms with Crippen LogP contribution in [0.3, 0.4) is 0 Å². The minimum absolute atomic E-state index is 0.233. The van der Waals surface area contributed by atoms with Gasteiger partial charge in [0.25, 0.3) is 0 Å². The highest BCUT2D eigenvalue weighted by Crippen LogP contribution is 2.37. The number of ether oxygens (including phenoxy) is 2. The second-order valence-electron chi connectivity index (χ2n) is 5.24. The Kier molecular flexibility index (Phi) is 5.73. The van der Waals surface area contributed by atoms with Crippen LogP contribution < -0.4 is 4.74 Å². The molecule has 0 aliphatic carbocycles. The Morgan fingerprint density at radius 3 is 2.50 bits per heavy atom. The normalized spacial score (nSPS) is 10.8. The standard InChI is InChI=1S/C18H11Cl3O4S/c1-24-10-3-4-11-15(7-10)26-17(16(11)21)18(23)25-8-14(22)9-2-5-12(19)13(20)6-9/h2-7H,8H2,1H3. The SMILES string of the molecule is COc1ccc2c(Cl)c(C(=O)OCC(=O)c3ccc(Cl)c(Cl)c3)sc2c1. The number of benzene rings is 2. The lowest BCUT2D eigenvalue weighted by Crippen LogP contribution is -2.13. The van der Waals surface area contributed by atoms with Gasteiger partial charge in [0, 0.05) is 15.6 Å². The van der Waals surface area contributed by atoms with E-state index in [1.54, 1.807) is 25.3 Å². The van der Waals surface area contributed by atoms with Gasteiger partial charge in [-0.3, -0.25) is 4.79 Å². The molecule has 2 aromatic carbocycles. The van der Waals surface area contributed by atoms with Crippen LogP contribution >= 0.6 is 46.1 Å². The summed E-state index contributed by atoms with van der Waals surface area (Å²) in [5, 5.41) is 1.61. The molecule has 1 heterocycles. The van der Waals surface area contributed by atoms with E-state index in [1.807, 2.05) is 0 Å². The van der Waals surface area contributed by atoms with Gasteiger partial charge in [0.2, 0.25) is 0 Å². The van der Waals surface area contributed by atoms with Crippen LogP contribution in [-0.4, -0.2) is 25.5 Å². The van der Waals surface area contributed by atoms with Crippen LogP contribution in [0.25, 0.3) is 10.1 Å². The zero-order valence-corrected chi connectivity index (χ0v) is 16.4. The van der Waals surface area contributed by atoms with Gasteiger partial charge in [0.15, 0.2) is 12.4 Å². The topological polar surface area (TPSA) is 52.6 Å². The van der Waals surface area contributed by atoms with Crippen LogP contribution in [0.1, 0.15) is 20.0 Å². The highest BCUT2D eigenvalue weighted by Gasteiger charge is 2.20. The third-order valence-corrected chi connectivity index (χ3v) is 5.97. The summed E-state index contributed by atoms with van der Waals surface area (Å²) in [5.41, 5.74) is 0.305. The summed E-state index contributed by atoms with van der Waals surface area (Å²) >= 11 is 19.2. The van der Waals surface area contributed by atoms with E-state index < -0.39 is 18.4 Å². The quantitative estimate of drug-likeness (QED) is 0.374. The van der Waals surface area contributed by atoms with Gasteiger partial charge in [-0.25, -0.2) is 4.79 Å². The molecule has 0 saturated carbocycles. The maximum Gasteiger partial charge on any atom is 0.350 e. The molecule has 0 saturated heterocycles. The zero-order valence-electron chi connectivity index (χ0n) is 13.3. The second-order valence-corrected chi connectivity index (χ2v) is 7.48. The first-order chi connectivity index (χ1) is 12.4. The number of methoxy groups -OCH3 is 1. The third kappa shape index (κ3) is 3.81. The molecular weight excluding hydrogens is 419 g/mol. The highest BCUT2D eigenvalue weighted by atomic mass is 35.5. The number of hydrogen-bond donors (Lipinski definition) is 0. The fourth-order valence-corrected chi connectivity index (χ4v) is 3.98. The first kappa shape index (κ1) is 19.0. The lowest BCUT2D eigenvalue weighted by Gasteiger charge is -2.04. The Labute approximate surface area is 168 Å². The predicted molar refractivity (Wildman–Crippen MR) is 104 cm³/mol. The molecule has 134 valence electrons. The summed E-state index contributed by atoms with van der Waals surface area (Å²) in [6.45, 7) is -0.426. The fraction of sp³-hybridized carbons (Fsp3) is 0.111. The summed E-state index contributed by atoms with van der Waals surface area (Å²) < 4.78 is 11.1. The van der Waals surface area contributed by atoms with Crippen molar-refractivity contribution in [3.05, 3.63) is 61.9 Å². The predicted octanol–water partition coefficient (Wildman–Crippen LogP) is 5.91. The Balaban J connectivity index is 1.75. The number of carbonyl (C=O) groups excluding carboxylic acids is 2. The van der Waals surface area contributed by atoms with Gasteiger partial charge in [0.05, 0.1) is 22.2 Å². The van der Waals surface area contributed by atoms with Gasteiger partial charge in [-0.15, -0.1) is 11.3 Å². The van der Waals surface area contributed by atoms with Crippen molar-refractivity contribution in [1.82, 2.24) is 0 Å². The molecule has 0 aliphatic heterocycles. The summed E-state index contributed by atoms with van der Waals surface area (Å²) in [5.74, 6) is -0.399. The average Bonchev–Trinajstić information content (AvgIpc) is 2.97. The summed E-state index contributed by atoms with van der Waals surface area (Å²) in [6, 6.07) is 9.76. The second kappa shape index (κ2) is 7.84. The van der Waals surface area contributed by atoms with Crippen molar-refractivity contribution in [3.8, 4) is 5.75 Å². The molecule has 3 aromatic rings. The van der Waals surface area contributed by atoms with Crippen molar-refractivity contribution in [2.75, 3.05) is 13.7 Å². The van der Waals surface area contributed by atoms with Crippen LogP contribution in [0, 0.1) is 0 Å². The number of halogens is 3. The van der Waals surface area contributed by atoms with Crippen molar-refractivity contribution in [3.63, 3.8) is 0 Å². The lowest BCUT2D eigenvalue weighted by atomic mass is 10.1. The summed E-state index contributed by atoms with van der Waals surface area (Å²) in [6.07, 6.45) is 0. The van der Waals surface area contributed by atoms with E-state index in [9.17, 15) is 9.59 Å². The lowest BCUT2D eigenvalue weighted by molar-refractivity contribution is 0.0480. The van der Waals surface area contributed by atoms with Gasteiger partial charge < -0.3 is 9.47 Å². The van der Waals surface area contributed by atoms with E-state index in [4.69, 9.17) is 44.3 Å². The monoisotopic (exact) mass is 428 g/mol. The highest BCUT2D eigenvalue weighted by molar-refractivity contribution is 7.21. The first-order valence-electron chi connectivity index (χ1n) is 7.32. The Hall–Kier alpha value is -1.79. The van der Waals surface area contributed by atoms with Crippen LogP contribution in [0.15, 0.2) is 36.4 Å². The molecule has 0 bridgehead atoms. The smallest absolute Gasteiger partial charge is 0.350 e. The molecule has 0 amide bonds. The van der Waals surface area contributed by atoms with Crippen LogP contribution in [0.5, 0.6) is 5.75 Å². The number of esters is 1. The largest absolute Gasteiger partial charge is 0.497 e. The summed E-state index contributed by atoms with van der Waals surface area (Å²) in [4.78, 5) is 24.7. The fourth-order valence-electron chi connectivity index (χ4n) is 2.25. The van der Waals surface area contributed by atoms with E-state index in [0.29, 0.717) is 21.4 Å². The molecule has 0 atom stereocenters. The van der Waals surface area contributed by atoms with Gasteiger partial charge >= 0.3 is 5.97 Å². The van der Waals surface area contributed by atoms with Gasteiger partial charge in [-0.2, -0.15) is 0 Å². The Bertz CT molecular complexity index is 1010. The van der Waals surface area contributed by atoms with Crippen molar-refractivity contribution in [2.45, 2.75) is 0 Å². The van der Waals surface area contributed by atoms with E-state index in [-0.39, 0.29) is 9.90 Å². The molecule has 8 heteroatoms. The summed E-state index contributed by atoms with van der Waals surface area (Å²) in [7, 11) is 1.56. The number of Topliss-reactive ketones (excluding diaryl/α,β-unsaturated/α-hetero) is 1. The zero-order chi connectivity index (χ0) is 18.8. The van der Waals surface area contributed by atoms with Crippen molar-refractivity contribution < 1.29 is 19.1 Å². The third-order valence-electron chi connectivity index (χ3n) is 3.60. The van der Waals surface area contributed by atoms with E-state index in [2.05, 4.69) is 0 Å². The van der Waals surface area contributed by atoms with E-state index in [0.717, 1.165) is 10.1 Å². The number of fused-ring (bicyclic) bond motifs is 1. The molecule has 0 aliphatic rings. The number of carbonyl (C=O) groups is 2. The molecule has 4 nitrogen and oxygen atoms in total. The van der Waals surface area contributed by atoms with Crippen LogP contribution in [0.4, 0.5) is 0 Å². The number of rotatable bonds is 5. The number of hydrogen-bond acceptors (Lipinski definition) is 5. The average molecular weight is 430 g/mol. The van der Waals surface area contributed by atoms with Gasteiger partial charge in [-0.05, 0) is 36.4 Å². The molecule has 0 radical (unpaired) electrons. The molecule has 1 aromatic heterocycles. The molecule has 0 fully saturated rings. The van der Waals surface area contributed by atoms with Gasteiger partial charge in [0.1, 0.15) is 10.6 Å². The molecule has 0 unspecified atom stereocenters. The van der Waals surface area contributed by atoms with Crippen molar-refractivity contribution >= 4 is 68.0 Å². The van der Waals surface area contributed by atoms with E-state index >= 15 is 0 Å². The van der Waals surface area contributed by atoms with E-state index in [1.165, 1.54) is 29.5 Å². The minimum Gasteiger partial charge on any atom is -0.497 e. The van der Waals surface area contributed by atoms with Crippen LogP contribution in [0.2, 0.25) is 15.1 Å².